The molecule has 0 aromatic rings. The number of alkyl halides is 1. The van der Waals surface area contributed by atoms with Crippen molar-refractivity contribution in [2.45, 2.75) is 5.12 Å². The molecular formula is C2H4ClN4NaO4. The second kappa shape index (κ2) is 6.40. The maximum Gasteiger partial charge on any atom is 1.00 e. The molecule has 12 heavy (non-hydrogen) atoms. The van der Waals surface area contributed by atoms with E-state index in [-0.39, 0.29) is 40.5 Å². The van der Waals surface area contributed by atoms with E-state index in [0.717, 1.165) is 0 Å². The van der Waals surface area contributed by atoms with Gasteiger partial charge in [-0.1, -0.05) is 11.6 Å². The smallest absolute Gasteiger partial charge is 0.544 e. The van der Waals surface area contributed by atoms with Gasteiger partial charge in [-0.25, -0.2) is 0 Å². The standard InChI is InChI=1S/C2HClN4O2.Na.2H2O/c3-2(1(8)9)4-6-7-5-2;;;/h(H,8,9);;2*1H2/q;+1;;/p-1. The third kappa shape index (κ3) is 3.52. The molecule has 8 nitrogen and oxygen atoms in total. The van der Waals surface area contributed by atoms with Gasteiger partial charge in [-0.3, -0.25) is 0 Å². The Morgan fingerprint density at radius 2 is 1.58 bits per heavy atom. The van der Waals surface area contributed by atoms with Gasteiger partial charge in [-0.05, 0) is 10.4 Å². The molecule has 4 N–H and O–H groups in total. The van der Waals surface area contributed by atoms with Gasteiger partial charge >= 0.3 is 34.7 Å². The fraction of sp³-hybridized carbons (Fsp3) is 0.500. The van der Waals surface area contributed by atoms with Crippen molar-refractivity contribution in [1.29, 1.82) is 0 Å². The molecule has 0 saturated heterocycles. The number of carboxylic acids is 1. The fourth-order valence-electron chi connectivity index (χ4n) is 0.260. The van der Waals surface area contributed by atoms with E-state index in [0.29, 0.717) is 0 Å². The molecule has 10 heteroatoms. The minimum atomic E-state index is -2.11. The number of hydrogen-bond donors (Lipinski definition) is 0. The molecule has 0 bridgehead atoms. The van der Waals surface area contributed by atoms with E-state index < -0.39 is 11.1 Å². The largest absolute Gasteiger partial charge is 1.00 e. The summed E-state index contributed by atoms with van der Waals surface area (Å²) in [6, 6.07) is 0. The maximum atomic E-state index is 9.97. The zero-order valence-electron chi connectivity index (χ0n) is 5.98. The zero-order valence-corrected chi connectivity index (χ0v) is 8.74. The summed E-state index contributed by atoms with van der Waals surface area (Å²) < 4.78 is 0. The normalized spacial score (nSPS) is 15.4. The minimum Gasteiger partial charge on any atom is -0.544 e. The Hall–Kier alpha value is -0.120. The Labute approximate surface area is 93.6 Å². The van der Waals surface area contributed by atoms with Crippen molar-refractivity contribution in [2.24, 2.45) is 20.7 Å². The number of aliphatic carboxylic acids is 1. The Morgan fingerprint density at radius 3 is 1.75 bits per heavy atom. The first-order valence-electron chi connectivity index (χ1n) is 1.89. The van der Waals surface area contributed by atoms with Crippen LogP contribution >= 0.6 is 11.6 Å². The molecule has 0 amide bonds. The van der Waals surface area contributed by atoms with Gasteiger partial charge < -0.3 is 20.9 Å². The van der Waals surface area contributed by atoms with Gasteiger partial charge in [0, 0.05) is 0 Å². The summed E-state index contributed by atoms with van der Waals surface area (Å²) in [5.41, 5.74) is 0. The van der Waals surface area contributed by atoms with Crippen molar-refractivity contribution >= 4 is 17.6 Å². The second-order valence-electron chi connectivity index (χ2n) is 1.25. The van der Waals surface area contributed by atoms with Crippen molar-refractivity contribution in [3.05, 3.63) is 0 Å². The molecule has 0 unspecified atom stereocenters. The summed E-state index contributed by atoms with van der Waals surface area (Å²) in [7, 11) is 0. The number of hydrogen-bond acceptors (Lipinski definition) is 6. The van der Waals surface area contributed by atoms with Crippen LogP contribution in [0.2, 0.25) is 0 Å². The summed E-state index contributed by atoms with van der Waals surface area (Å²) in [5, 5.41) is 19.6. The van der Waals surface area contributed by atoms with E-state index in [1.165, 1.54) is 0 Å². The Morgan fingerprint density at radius 1 is 1.25 bits per heavy atom. The molecular weight excluding hydrogens is 202 g/mol. The van der Waals surface area contributed by atoms with Gasteiger partial charge in [-0.2, -0.15) is 0 Å². The van der Waals surface area contributed by atoms with E-state index >= 15 is 0 Å². The second-order valence-corrected chi connectivity index (χ2v) is 1.78. The average Bonchev–Trinajstić information content (AvgIpc) is 2.16. The van der Waals surface area contributed by atoms with E-state index in [2.05, 4.69) is 20.7 Å². The molecule has 1 aliphatic heterocycles. The molecule has 0 saturated carbocycles. The Balaban J connectivity index is -0.000000270. The molecule has 1 heterocycles. The van der Waals surface area contributed by atoms with Crippen LogP contribution < -0.4 is 34.7 Å². The molecule has 0 spiro atoms. The predicted molar refractivity (Wildman–Crippen MR) is 30.5 cm³/mol. The van der Waals surface area contributed by atoms with Gasteiger partial charge in [0.1, 0.15) is 5.97 Å². The maximum absolute atomic E-state index is 9.97. The van der Waals surface area contributed by atoms with Gasteiger partial charge in [-0.15, -0.1) is 10.2 Å². The first-order chi connectivity index (χ1) is 4.15. The van der Waals surface area contributed by atoms with Gasteiger partial charge in [0.25, 0.3) is 0 Å². The monoisotopic (exact) mass is 206 g/mol. The van der Waals surface area contributed by atoms with Crippen molar-refractivity contribution in [3.8, 4) is 0 Å². The molecule has 1 aliphatic rings. The summed E-state index contributed by atoms with van der Waals surface area (Å²) in [6.07, 6.45) is 0. The number of halogens is 1. The molecule has 64 valence electrons. The molecule has 0 fully saturated rings. The van der Waals surface area contributed by atoms with E-state index in [9.17, 15) is 9.90 Å². The summed E-state index contributed by atoms with van der Waals surface area (Å²) in [5.74, 6) is -1.63. The average molecular weight is 207 g/mol. The van der Waals surface area contributed by atoms with E-state index in [1.807, 2.05) is 0 Å². The van der Waals surface area contributed by atoms with Crippen LogP contribution in [-0.2, 0) is 4.79 Å². The number of carbonyl (C=O) groups excluding carboxylic acids is 1. The van der Waals surface area contributed by atoms with Crippen molar-refractivity contribution in [1.82, 2.24) is 0 Å². The number of nitrogens with zero attached hydrogens (tertiary/aromatic N) is 4. The number of rotatable bonds is 1. The SMILES string of the molecule is O.O.O=C([O-])C1(Cl)N=NN=N1.[Na+]. The number of carbonyl (C=O) groups is 1. The molecule has 1 rings (SSSR count). The van der Waals surface area contributed by atoms with Gasteiger partial charge in [0.15, 0.2) is 0 Å². The van der Waals surface area contributed by atoms with E-state index in [1.54, 1.807) is 0 Å². The third-order valence-electron chi connectivity index (χ3n) is 0.654. The van der Waals surface area contributed by atoms with Crippen molar-refractivity contribution in [3.63, 3.8) is 0 Å². The molecule has 0 radical (unpaired) electrons. The Bertz CT molecular complexity index is 195. The van der Waals surface area contributed by atoms with Crippen LogP contribution in [0.1, 0.15) is 0 Å². The van der Waals surface area contributed by atoms with Crippen LogP contribution in [-0.4, -0.2) is 22.0 Å². The van der Waals surface area contributed by atoms with Gasteiger partial charge in [0.05, 0.1) is 0 Å². The van der Waals surface area contributed by atoms with Crippen LogP contribution in [0.5, 0.6) is 0 Å². The molecule has 0 aromatic carbocycles. The number of carboxylic acid groups (broad SMARTS) is 1. The minimum absolute atomic E-state index is 0. The van der Waals surface area contributed by atoms with Crippen molar-refractivity contribution in [2.75, 3.05) is 0 Å². The summed E-state index contributed by atoms with van der Waals surface area (Å²) in [6.45, 7) is 0. The first-order valence-corrected chi connectivity index (χ1v) is 2.27. The van der Waals surface area contributed by atoms with Gasteiger partial charge in [0.2, 0.25) is 0 Å². The molecule has 0 atom stereocenters. The van der Waals surface area contributed by atoms with Crippen molar-refractivity contribution < 1.29 is 50.4 Å². The quantitative estimate of drug-likeness (QED) is 0.239. The molecule has 0 aromatic heterocycles. The summed E-state index contributed by atoms with van der Waals surface area (Å²) in [4.78, 5) is 9.97. The summed E-state index contributed by atoms with van der Waals surface area (Å²) >= 11 is 5.12. The van der Waals surface area contributed by atoms with Crippen LogP contribution in [0, 0.1) is 0 Å². The van der Waals surface area contributed by atoms with Crippen LogP contribution in [0.4, 0.5) is 0 Å². The zero-order chi connectivity index (χ0) is 6.91. The third-order valence-corrected chi connectivity index (χ3v) is 0.960. The predicted octanol–water partition coefficient (Wildman–Crippen LogP) is -5.18. The van der Waals surface area contributed by atoms with Crippen LogP contribution in [0.3, 0.4) is 0 Å². The Kier molecular flexibility index (Phi) is 9.51. The fourth-order valence-corrected chi connectivity index (χ4v) is 0.328. The first kappa shape index (κ1) is 17.8. The van der Waals surface area contributed by atoms with E-state index in [4.69, 9.17) is 11.6 Å². The van der Waals surface area contributed by atoms with Crippen LogP contribution in [0.15, 0.2) is 20.7 Å². The van der Waals surface area contributed by atoms with Crippen LogP contribution in [0.25, 0.3) is 0 Å². The topological polar surface area (TPSA) is 153 Å². The molecule has 0 aliphatic carbocycles.